The molecular formula is C26H33N3O4S. The van der Waals surface area contributed by atoms with Crippen LogP contribution in [-0.4, -0.2) is 36.0 Å². The van der Waals surface area contributed by atoms with E-state index in [-0.39, 0.29) is 35.7 Å². The number of unbranched alkanes of at least 4 members (excludes halogenated alkanes) is 1. The van der Waals surface area contributed by atoms with E-state index in [0.29, 0.717) is 30.8 Å². The molecule has 0 atom stereocenters. The van der Waals surface area contributed by atoms with E-state index in [9.17, 15) is 14.4 Å². The zero-order valence-electron chi connectivity index (χ0n) is 19.6. The molecule has 0 aliphatic heterocycles. The van der Waals surface area contributed by atoms with Crippen LogP contribution in [0.25, 0.3) is 0 Å². The van der Waals surface area contributed by atoms with Gasteiger partial charge in [-0.3, -0.25) is 14.4 Å². The van der Waals surface area contributed by atoms with Gasteiger partial charge in [0, 0.05) is 30.6 Å². The maximum absolute atomic E-state index is 12.1. The van der Waals surface area contributed by atoms with Gasteiger partial charge in [-0.25, -0.2) is 0 Å². The Labute approximate surface area is 206 Å². The Morgan fingerprint density at radius 1 is 0.912 bits per heavy atom. The van der Waals surface area contributed by atoms with Gasteiger partial charge in [-0.15, -0.1) is 0 Å². The van der Waals surface area contributed by atoms with Crippen molar-refractivity contribution in [3.05, 3.63) is 65.7 Å². The van der Waals surface area contributed by atoms with Crippen LogP contribution in [-0.2, 0) is 20.7 Å². The minimum Gasteiger partial charge on any atom is -0.466 e. The summed E-state index contributed by atoms with van der Waals surface area (Å²) in [6.45, 7) is 3.09. The van der Waals surface area contributed by atoms with Crippen molar-refractivity contribution in [3.63, 3.8) is 0 Å². The summed E-state index contributed by atoms with van der Waals surface area (Å²) < 4.78 is 5.22. The first-order valence-corrected chi connectivity index (χ1v) is 12.1. The summed E-state index contributed by atoms with van der Waals surface area (Å²) in [7, 11) is 0. The smallest absolute Gasteiger partial charge is 0.305 e. The molecule has 182 valence electrons. The average molecular weight is 484 g/mol. The number of hydrogen-bond donors (Lipinski definition) is 3. The predicted octanol–water partition coefficient (Wildman–Crippen LogP) is 4.38. The highest BCUT2D eigenvalue weighted by Crippen LogP contribution is 2.10. The standard InChI is InChI=1S/C26H33N3O4S/c1-2-3-18-27-25(32)21-14-16-22(17-15-21)28-26(34)29-23(30)12-7-13-24(31)33-19-8-11-20-9-5-4-6-10-20/h4-6,9-10,14-17H,2-3,7-8,11-13,18-19H2,1H3,(H,27,32)(H2,28,29,30,34). The minimum absolute atomic E-state index is 0.120. The lowest BCUT2D eigenvalue weighted by molar-refractivity contribution is -0.143. The monoisotopic (exact) mass is 483 g/mol. The predicted molar refractivity (Wildman–Crippen MR) is 138 cm³/mol. The van der Waals surface area contributed by atoms with Crippen LogP contribution >= 0.6 is 12.2 Å². The molecule has 2 aromatic rings. The molecular weight excluding hydrogens is 450 g/mol. The number of anilines is 1. The first-order valence-electron chi connectivity index (χ1n) is 11.7. The molecule has 0 saturated heterocycles. The quantitative estimate of drug-likeness (QED) is 0.222. The summed E-state index contributed by atoms with van der Waals surface area (Å²) in [5.74, 6) is -0.702. The third kappa shape index (κ3) is 11.0. The summed E-state index contributed by atoms with van der Waals surface area (Å²) >= 11 is 5.17. The summed E-state index contributed by atoms with van der Waals surface area (Å²) in [4.78, 5) is 35.9. The zero-order valence-corrected chi connectivity index (χ0v) is 20.4. The molecule has 0 aliphatic carbocycles. The Hall–Kier alpha value is -3.26. The third-order valence-corrected chi connectivity index (χ3v) is 5.18. The molecule has 3 N–H and O–H groups in total. The Morgan fingerprint density at radius 2 is 1.65 bits per heavy atom. The summed E-state index contributed by atoms with van der Waals surface area (Å²) in [6.07, 6.45) is 4.31. The fourth-order valence-corrected chi connectivity index (χ4v) is 3.34. The van der Waals surface area contributed by atoms with Gasteiger partial charge in [-0.1, -0.05) is 43.7 Å². The van der Waals surface area contributed by atoms with Gasteiger partial charge in [0.1, 0.15) is 0 Å². The molecule has 2 amide bonds. The molecule has 7 nitrogen and oxygen atoms in total. The number of nitrogens with one attached hydrogen (secondary N) is 3. The average Bonchev–Trinajstić information content (AvgIpc) is 2.83. The van der Waals surface area contributed by atoms with Gasteiger partial charge in [-0.05, 0) is 67.7 Å². The van der Waals surface area contributed by atoms with E-state index in [1.165, 1.54) is 5.56 Å². The topological polar surface area (TPSA) is 96.5 Å². The molecule has 0 fully saturated rings. The van der Waals surface area contributed by atoms with Gasteiger partial charge in [0.2, 0.25) is 5.91 Å². The van der Waals surface area contributed by atoms with Crippen molar-refractivity contribution < 1.29 is 19.1 Å². The summed E-state index contributed by atoms with van der Waals surface area (Å²) in [6, 6.07) is 16.9. The van der Waals surface area contributed by atoms with Gasteiger partial charge < -0.3 is 20.7 Å². The molecule has 0 unspecified atom stereocenters. The van der Waals surface area contributed by atoms with Crippen molar-refractivity contribution >= 4 is 40.8 Å². The highest BCUT2D eigenvalue weighted by Gasteiger charge is 2.09. The largest absolute Gasteiger partial charge is 0.466 e. The minimum atomic E-state index is -0.305. The van der Waals surface area contributed by atoms with E-state index < -0.39 is 0 Å². The van der Waals surface area contributed by atoms with Gasteiger partial charge in [0.05, 0.1) is 6.61 Å². The number of hydrogen-bond acceptors (Lipinski definition) is 5. The van der Waals surface area contributed by atoms with E-state index in [4.69, 9.17) is 17.0 Å². The van der Waals surface area contributed by atoms with Crippen LogP contribution in [0.2, 0.25) is 0 Å². The molecule has 2 aromatic carbocycles. The molecule has 8 heteroatoms. The van der Waals surface area contributed by atoms with Crippen molar-refractivity contribution in [1.82, 2.24) is 10.6 Å². The first kappa shape index (κ1) is 27.0. The number of rotatable bonds is 13. The lowest BCUT2D eigenvalue weighted by Gasteiger charge is -2.10. The molecule has 0 saturated carbocycles. The van der Waals surface area contributed by atoms with Crippen LogP contribution in [0.15, 0.2) is 54.6 Å². The van der Waals surface area contributed by atoms with Crippen LogP contribution in [0, 0.1) is 0 Å². The second-order valence-corrected chi connectivity index (χ2v) is 8.26. The molecule has 0 radical (unpaired) electrons. The van der Waals surface area contributed by atoms with Crippen LogP contribution in [0.3, 0.4) is 0 Å². The number of carbonyl (C=O) groups excluding carboxylic acids is 3. The Bertz CT molecular complexity index is 933. The van der Waals surface area contributed by atoms with Crippen molar-refractivity contribution in [2.24, 2.45) is 0 Å². The maximum Gasteiger partial charge on any atom is 0.305 e. The van der Waals surface area contributed by atoms with Crippen molar-refractivity contribution in [2.45, 2.75) is 51.9 Å². The number of benzene rings is 2. The first-order chi connectivity index (χ1) is 16.5. The van der Waals surface area contributed by atoms with Gasteiger partial charge in [0.15, 0.2) is 5.11 Å². The molecule has 0 aliphatic rings. The number of amides is 2. The third-order valence-electron chi connectivity index (χ3n) is 4.97. The van der Waals surface area contributed by atoms with Crippen LogP contribution in [0.1, 0.15) is 61.4 Å². The lowest BCUT2D eigenvalue weighted by Crippen LogP contribution is -2.34. The van der Waals surface area contributed by atoms with Crippen molar-refractivity contribution in [1.29, 1.82) is 0 Å². The number of carbonyl (C=O) groups is 3. The second-order valence-electron chi connectivity index (χ2n) is 7.85. The van der Waals surface area contributed by atoms with E-state index in [0.717, 1.165) is 25.7 Å². The van der Waals surface area contributed by atoms with Crippen molar-refractivity contribution in [3.8, 4) is 0 Å². The number of aryl methyl sites for hydroxylation is 1. The van der Waals surface area contributed by atoms with E-state index in [1.807, 2.05) is 30.3 Å². The van der Waals surface area contributed by atoms with Crippen LogP contribution in [0.4, 0.5) is 5.69 Å². The molecule has 34 heavy (non-hydrogen) atoms. The molecule has 0 heterocycles. The van der Waals surface area contributed by atoms with Gasteiger partial charge in [0.25, 0.3) is 5.91 Å². The second kappa shape index (κ2) is 15.6. The Kier molecular flexibility index (Phi) is 12.3. The fraction of sp³-hybridized carbons (Fsp3) is 0.385. The van der Waals surface area contributed by atoms with Gasteiger partial charge >= 0.3 is 5.97 Å². The van der Waals surface area contributed by atoms with Gasteiger partial charge in [-0.2, -0.15) is 0 Å². The zero-order chi connectivity index (χ0) is 24.6. The van der Waals surface area contributed by atoms with E-state index >= 15 is 0 Å². The molecule has 0 bridgehead atoms. The fourth-order valence-electron chi connectivity index (χ4n) is 3.11. The maximum atomic E-state index is 12.1. The highest BCUT2D eigenvalue weighted by atomic mass is 32.1. The summed E-state index contributed by atoms with van der Waals surface area (Å²) in [5, 5.41) is 8.53. The highest BCUT2D eigenvalue weighted by molar-refractivity contribution is 7.80. The van der Waals surface area contributed by atoms with Crippen LogP contribution < -0.4 is 16.0 Å². The number of ether oxygens (including phenoxy) is 1. The SMILES string of the molecule is CCCCNC(=O)c1ccc(NC(=S)NC(=O)CCCC(=O)OCCCc2ccccc2)cc1. The van der Waals surface area contributed by atoms with Crippen LogP contribution in [0.5, 0.6) is 0 Å². The van der Waals surface area contributed by atoms with E-state index in [2.05, 4.69) is 22.9 Å². The normalized spacial score (nSPS) is 10.3. The van der Waals surface area contributed by atoms with E-state index in [1.54, 1.807) is 24.3 Å². The van der Waals surface area contributed by atoms with Crippen molar-refractivity contribution in [2.75, 3.05) is 18.5 Å². The molecule has 0 aromatic heterocycles. The number of thiocarbonyl (C=S) groups is 1. The molecule has 2 rings (SSSR count). The summed E-state index contributed by atoms with van der Waals surface area (Å²) in [5.41, 5.74) is 2.43. The lowest BCUT2D eigenvalue weighted by atomic mass is 10.1. The molecule has 0 spiro atoms. The Morgan fingerprint density at radius 3 is 2.35 bits per heavy atom. The Balaban J connectivity index is 1.58. The number of esters is 1.